The van der Waals surface area contributed by atoms with Gasteiger partial charge in [0.2, 0.25) is 11.7 Å². The van der Waals surface area contributed by atoms with E-state index >= 15 is 0 Å². The van der Waals surface area contributed by atoms with E-state index in [0.29, 0.717) is 16.7 Å². The highest BCUT2D eigenvalue weighted by molar-refractivity contribution is 6.25. The zero-order valence-electron chi connectivity index (χ0n) is 19.6. The van der Waals surface area contributed by atoms with Gasteiger partial charge in [0.1, 0.15) is 23.8 Å². The molecule has 6 atom stereocenters. The van der Waals surface area contributed by atoms with E-state index in [1.165, 1.54) is 12.4 Å². The average molecular weight is 495 g/mol. The van der Waals surface area contributed by atoms with Crippen LogP contribution in [0.3, 0.4) is 0 Å². The zero-order chi connectivity index (χ0) is 26.1. The van der Waals surface area contributed by atoms with Crippen molar-refractivity contribution < 1.29 is 34.8 Å². The van der Waals surface area contributed by atoms with Crippen molar-refractivity contribution in [2.45, 2.75) is 30.6 Å². The standard InChI is InChI=1S/C25H26N4O7/c1-29(2)19-14-6-10-5-13-12(11-7-27-9-28-8-11)3-4-15(30)17(13)20(31)16(10)22(33)25(14,36)23(34)18(21(19)32)24(26)35/h3-4,7-10,14,18-19,21,30-32,36H,5-6H2,1-2H3,(H2,26,35)/t10-,14-,18?,19-,21?,25-/m0/s1. The Balaban J connectivity index is 1.71. The predicted molar refractivity (Wildman–Crippen MR) is 125 cm³/mol. The number of benzene rings is 1. The maximum atomic E-state index is 13.8. The number of fused-ring (bicyclic) bond motifs is 3. The largest absolute Gasteiger partial charge is 0.507 e. The fourth-order valence-electron chi connectivity index (χ4n) is 6.31. The molecule has 2 fully saturated rings. The van der Waals surface area contributed by atoms with Gasteiger partial charge in [-0.3, -0.25) is 14.4 Å². The van der Waals surface area contributed by atoms with E-state index in [1.54, 1.807) is 37.5 Å². The second kappa shape index (κ2) is 8.19. The van der Waals surface area contributed by atoms with Crippen molar-refractivity contribution in [2.24, 2.45) is 23.5 Å². The Hall–Kier alpha value is -3.67. The number of likely N-dealkylation sites (N-methyl/N-ethyl adjacent to an activating group) is 1. The molecule has 5 rings (SSSR count). The normalized spacial score (nSPS) is 31.6. The number of nitrogens with two attached hydrogens (primary N) is 1. The Morgan fingerprint density at radius 3 is 2.44 bits per heavy atom. The number of ketones is 2. The molecule has 1 heterocycles. The van der Waals surface area contributed by atoms with E-state index < -0.39 is 58.7 Å². The summed E-state index contributed by atoms with van der Waals surface area (Å²) in [5, 5.41) is 44.4. The fraction of sp³-hybridized carbons (Fsp3) is 0.400. The number of aliphatic hydroxyl groups excluding tert-OH is 2. The van der Waals surface area contributed by atoms with Gasteiger partial charge in [-0.15, -0.1) is 0 Å². The van der Waals surface area contributed by atoms with Crippen LogP contribution in [0.1, 0.15) is 17.5 Å². The van der Waals surface area contributed by atoms with Crippen LogP contribution >= 0.6 is 0 Å². The molecule has 36 heavy (non-hydrogen) atoms. The number of hydrogen-bond donors (Lipinski definition) is 5. The third kappa shape index (κ3) is 3.13. The molecule has 3 aliphatic carbocycles. The van der Waals surface area contributed by atoms with Crippen LogP contribution in [0.25, 0.3) is 16.9 Å². The van der Waals surface area contributed by atoms with Crippen molar-refractivity contribution in [2.75, 3.05) is 14.1 Å². The topological polar surface area (TPSA) is 187 Å². The minimum atomic E-state index is -2.67. The maximum absolute atomic E-state index is 13.8. The molecular formula is C25H26N4O7. The number of rotatable bonds is 3. The number of aromatic nitrogens is 2. The van der Waals surface area contributed by atoms with Crippen LogP contribution in [0.5, 0.6) is 5.75 Å². The molecular weight excluding hydrogens is 468 g/mol. The number of phenolic OH excluding ortho intramolecular Hbond substituents is 1. The first-order chi connectivity index (χ1) is 17.0. The van der Waals surface area contributed by atoms with Gasteiger partial charge >= 0.3 is 0 Å². The van der Waals surface area contributed by atoms with Crippen molar-refractivity contribution in [3.05, 3.63) is 47.6 Å². The molecule has 2 saturated carbocycles. The summed E-state index contributed by atoms with van der Waals surface area (Å²) in [5.41, 5.74) is 4.40. The fourth-order valence-corrected chi connectivity index (χ4v) is 6.31. The Morgan fingerprint density at radius 1 is 1.17 bits per heavy atom. The molecule has 2 aromatic rings. The summed E-state index contributed by atoms with van der Waals surface area (Å²) >= 11 is 0. The average Bonchev–Trinajstić information content (AvgIpc) is 2.81. The first-order valence-electron chi connectivity index (χ1n) is 11.5. The summed E-state index contributed by atoms with van der Waals surface area (Å²) in [6.45, 7) is 0. The molecule has 188 valence electrons. The second-order valence-corrected chi connectivity index (χ2v) is 9.90. The highest BCUT2D eigenvalue weighted by atomic mass is 16.3. The van der Waals surface area contributed by atoms with Gasteiger partial charge in [0.25, 0.3) is 0 Å². The zero-order valence-corrected chi connectivity index (χ0v) is 19.6. The maximum Gasteiger partial charge on any atom is 0.230 e. The van der Waals surface area contributed by atoms with Crippen molar-refractivity contribution in [1.82, 2.24) is 14.9 Å². The van der Waals surface area contributed by atoms with Gasteiger partial charge in [-0.05, 0) is 50.0 Å². The Bertz CT molecular complexity index is 1330. The number of primary amides is 1. The van der Waals surface area contributed by atoms with Gasteiger partial charge in [-0.2, -0.15) is 0 Å². The Labute approximate surface area is 205 Å². The van der Waals surface area contributed by atoms with E-state index in [0.717, 1.165) is 0 Å². The number of Topliss-reactive ketones (excluding diaryl/α,β-unsaturated/α-hetero) is 2. The lowest BCUT2D eigenvalue weighted by molar-refractivity contribution is -0.184. The van der Waals surface area contributed by atoms with Gasteiger partial charge in [0.05, 0.1) is 11.7 Å². The predicted octanol–water partition coefficient (Wildman–Crippen LogP) is -0.414. The summed E-state index contributed by atoms with van der Waals surface area (Å²) in [6, 6.07) is 2.10. The number of carbonyl (C=O) groups excluding carboxylic acids is 3. The number of aromatic hydroxyl groups is 1. The van der Waals surface area contributed by atoms with E-state index in [9.17, 15) is 34.8 Å². The van der Waals surface area contributed by atoms with Crippen LogP contribution in [-0.2, 0) is 20.8 Å². The first kappa shape index (κ1) is 24.0. The van der Waals surface area contributed by atoms with E-state index in [-0.39, 0.29) is 29.7 Å². The molecule has 11 heteroatoms. The molecule has 0 bridgehead atoms. The second-order valence-electron chi connectivity index (χ2n) is 9.90. The number of hydrogen-bond acceptors (Lipinski definition) is 10. The highest BCUT2D eigenvalue weighted by Crippen LogP contribution is 2.53. The van der Waals surface area contributed by atoms with Crippen LogP contribution in [-0.4, -0.2) is 84.6 Å². The third-order valence-electron chi connectivity index (χ3n) is 7.84. The van der Waals surface area contributed by atoms with Crippen LogP contribution in [0.2, 0.25) is 0 Å². The molecule has 0 spiro atoms. The van der Waals surface area contributed by atoms with E-state index in [2.05, 4.69) is 9.97 Å². The third-order valence-corrected chi connectivity index (χ3v) is 7.84. The molecule has 1 amide bonds. The van der Waals surface area contributed by atoms with E-state index in [4.69, 9.17) is 5.73 Å². The van der Waals surface area contributed by atoms with E-state index in [1.807, 2.05) is 0 Å². The van der Waals surface area contributed by atoms with Crippen LogP contribution in [0.15, 0.2) is 36.4 Å². The van der Waals surface area contributed by atoms with Gasteiger partial charge < -0.3 is 31.1 Å². The lowest BCUT2D eigenvalue weighted by Crippen LogP contribution is -2.73. The van der Waals surface area contributed by atoms with Crippen molar-refractivity contribution in [1.29, 1.82) is 0 Å². The van der Waals surface area contributed by atoms with Crippen LogP contribution < -0.4 is 5.73 Å². The highest BCUT2D eigenvalue weighted by Gasteiger charge is 2.67. The smallest absolute Gasteiger partial charge is 0.230 e. The molecule has 1 aromatic carbocycles. The molecule has 2 unspecified atom stereocenters. The SMILES string of the molecule is CN(C)[C@@H]1C(O)C(C(N)=O)C(=O)[C@@]2(O)C(=O)C3=C(O)c4c(O)ccc(-c5cncnc5)c4C[C@H]3C[C@@H]12. The molecule has 1 aromatic heterocycles. The summed E-state index contributed by atoms with van der Waals surface area (Å²) in [7, 11) is 3.22. The van der Waals surface area contributed by atoms with Gasteiger partial charge in [0, 0.05) is 35.5 Å². The quantitative estimate of drug-likeness (QED) is 0.351. The lowest BCUT2D eigenvalue weighted by Gasteiger charge is -2.53. The minimum Gasteiger partial charge on any atom is -0.507 e. The molecule has 3 aliphatic rings. The number of phenols is 1. The molecule has 0 radical (unpaired) electrons. The minimum absolute atomic E-state index is 0.0249. The lowest BCUT2D eigenvalue weighted by atomic mass is 9.54. The van der Waals surface area contributed by atoms with Crippen LogP contribution in [0, 0.1) is 17.8 Å². The summed E-state index contributed by atoms with van der Waals surface area (Å²) < 4.78 is 0. The van der Waals surface area contributed by atoms with Crippen molar-refractivity contribution in [3.63, 3.8) is 0 Å². The van der Waals surface area contributed by atoms with Crippen molar-refractivity contribution in [3.8, 4) is 16.9 Å². The summed E-state index contributed by atoms with van der Waals surface area (Å²) in [5.74, 6) is -7.69. The molecule has 0 saturated heterocycles. The van der Waals surface area contributed by atoms with Crippen molar-refractivity contribution >= 4 is 23.2 Å². The Morgan fingerprint density at radius 2 is 1.83 bits per heavy atom. The van der Waals surface area contributed by atoms with Gasteiger partial charge in [-0.25, -0.2) is 9.97 Å². The first-order valence-corrected chi connectivity index (χ1v) is 11.5. The molecule has 0 aliphatic heterocycles. The summed E-state index contributed by atoms with van der Waals surface area (Å²) in [6.07, 6.45) is 3.28. The Kier molecular flexibility index (Phi) is 5.47. The number of aliphatic hydroxyl groups is 3. The monoisotopic (exact) mass is 494 g/mol. The number of carbonyl (C=O) groups is 3. The number of amides is 1. The number of nitrogens with zero attached hydrogens (tertiary/aromatic N) is 3. The van der Waals surface area contributed by atoms with Gasteiger partial charge in [0.15, 0.2) is 11.4 Å². The van der Waals surface area contributed by atoms with Gasteiger partial charge in [-0.1, -0.05) is 6.07 Å². The molecule has 6 N–H and O–H groups in total. The molecule has 11 nitrogen and oxygen atoms in total. The van der Waals surface area contributed by atoms with Crippen LogP contribution in [0.4, 0.5) is 0 Å². The summed E-state index contributed by atoms with van der Waals surface area (Å²) in [4.78, 5) is 48.8.